The summed E-state index contributed by atoms with van der Waals surface area (Å²) in [4.78, 5) is 3.40. The van der Waals surface area contributed by atoms with Gasteiger partial charge in [0.05, 0.1) is 0 Å². The first kappa shape index (κ1) is 11.9. The van der Waals surface area contributed by atoms with E-state index in [2.05, 4.69) is 29.2 Å². The van der Waals surface area contributed by atoms with Crippen LogP contribution < -0.4 is 0 Å². The number of rotatable bonds is 3. The van der Waals surface area contributed by atoms with Crippen molar-refractivity contribution in [1.29, 1.82) is 0 Å². The Bertz CT molecular complexity index is 509. The number of aliphatic hydroxyl groups excluding tert-OH is 1. The zero-order chi connectivity index (χ0) is 12.4. The van der Waals surface area contributed by atoms with E-state index in [4.69, 9.17) is 0 Å². The Morgan fingerprint density at radius 3 is 2.78 bits per heavy atom. The van der Waals surface area contributed by atoms with E-state index in [0.717, 1.165) is 30.9 Å². The second kappa shape index (κ2) is 5.22. The van der Waals surface area contributed by atoms with Gasteiger partial charge in [0.25, 0.3) is 0 Å². The van der Waals surface area contributed by atoms with E-state index >= 15 is 0 Å². The summed E-state index contributed by atoms with van der Waals surface area (Å²) in [5, 5.41) is 12.2. The van der Waals surface area contributed by atoms with Gasteiger partial charge in [-0.25, -0.2) is 0 Å². The SMILES string of the molecule is OC(CN1CCc2ccccc2C1)c1cccs1. The molecule has 2 nitrogen and oxygen atoms in total. The number of nitrogens with zero attached hydrogens (tertiary/aromatic N) is 1. The molecule has 1 unspecified atom stereocenters. The van der Waals surface area contributed by atoms with Crippen molar-refractivity contribution >= 4 is 11.3 Å². The summed E-state index contributed by atoms with van der Waals surface area (Å²) in [7, 11) is 0. The van der Waals surface area contributed by atoms with Crippen molar-refractivity contribution in [2.45, 2.75) is 19.1 Å². The van der Waals surface area contributed by atoms with Crippen LogP contribution in [-0.2, 0) is 13.0 Å². The number of aliphatic hydroxyl groups is 1. The first-order chi connectivity index (χ1) is 8.83. The van der Waals surface area contributed by atoms with Gasteiger partial charge < -0.3 is 5.11 Å². The summed E-state index contributed by atoms with van der Waals surface area (Å²) in [6, 6.07) is 12.6. The molecule has 0 fully saturated rings. The molecule has 0 spiro atoms. The van der Waals surface area contributed by atoms with Crippen LogP contribution in [0, 0.1) is 0 Å². The minimum atomic E-state index is -0.352. The minimum absolute atomic E-state index is 0.352. The predicted molar refractivity (Wildman–Crippen MR) is 74.7 cm³/mol. The summed E-state index contributed by atoms with van der Waals surface area (Å²) in [6.45, 7) is 2.73. The van der Waals surface area contributed by atoms with Gasteiger partial charge in [-0.05, 0) is 29.0 Å². The zero-order valence-corrected chi connectivity index (χ0v) is 11.1. The van der Waals surface area contributed by atoms with E-state index in [0.29, 0.717) is 0 Å². The lowest BCUT2D eigenvalue weighted by atomic mass is 10.00. The molecule has 3 heteroatoms. The largest absolute Gasteiger partial charge is 0.386 e. The van der Waals surface area contributed by atoms with Gasteiger partial charge in [0.1, 0.15) is 6.10 Å². The third kappa shape index (κ3) is 2.48. The molecular formula is C15H17NOS. The van der Waals surface area contributed by atoms with Crippen molar-refractivity contribution < 1.29 is 5.11 Å². The molecule has 0 saturated heterocycles. The Morgan fingerprint density at radius 1 is 1.17 bits per heavy atom. The third-order valence-electron chi connectivity index (χ3n) is 3.51. The Balaban J connectivity index is 1.66. The van der Waals surface area contributed by atoms with Gasteiger partial charge in [0.2, 0.25) is 0 Å². The van der Waals surface area contributed by atoms with Crippen LogP contribution >= 0.6 is 11.3 Å². The first-order valence-electron chi connectivity index (χ1n) is 6.33. The molecule has 1 aliphatic heterocycles. The van der Waals surface area contributed by atoms with E-state index in [1.165, 1.54) is 11.1 Å². The molecule has 18 heavy (non-hydrogen) atoms. The molecule has 0 radical (unpaired) electrons. The summed E-state index contributed by atoms with van der Waals surface area (Å²) < 4.78 is 0. The average molecular weight is 259 g/mol. The maximum absolute atomic E-state index is 10.2. The lowest BCUT2D eigenvalue weighted by molar-refractivity contribution is 0.108. The lowest BCUT2D eigenvalue weighted by Crippen LogP contribution is -2.33. The van der Waals surface area contributed by atoms with Crippen molar-refractivity contribution in [3.63, 3.8) is 0 Å². The molecule has 1 aliphatic rings. The molecule has 0 saturated carbocycles. The molecule has 0 aliphatic carbocycles. The molecule has 3 rings (SSSR count). The Morgan fingerprint density at radius 2 is 2.00 bits per heavy atom. The van der Waals surface area contributed by atoms with E-state index in [1.54, 1.807) is 11.3 Å². The number of hydrogen-bond acceptors (Lipinski definition) is 3. The van der Waals surface area contributed by atoms with E-state index < -0.39 is 0 Å². The number of benzene rings is 1. The molecule has 0 amide bonds. The monoisotopic (exact) mass is 259 g/mol. The number of hydrogen-bond donors (Lipinski definition) is 1. The maximum Gasteiger partial charge on any atom is 0.101 e. The minimum Gasteiger partial charge on any atom is -0.386 e. The maximum atomic E-state index is 10.2. The normalized spacial score (nSPS) is 17.4. The fraction of sp³-hybridized carbons (Fsp3) is 0.333. The molecule has 1 atom stereocenters. The summed E-state index contributed by atoms with van der Waals surface area (Å²) in [6.07, 6.45) is 0.739. The molecule has 1 N–H and O–H groups in total. The van der Waals surface area contributed by atoms with Crippen LogP contribution in [0.4, 0.5) is 0 Å². The Hall–Kier alpha value is -1.16. The Kier molecular flexibility index (Phi) is 3.46. The topological polar surface area (TPSA) is 23.5 Å². The van der Waals surface area contributed by atoms with Gasteiger partial charge in [-0.2, -0.15) is 0 Å². The molecule has 0 bridgehead atoms. The fourth-order valence-corrected chi connectivity index (χ4v) is 3.23. The van der Waals surface area contributed by atoms with Gasteiger partial charge in [-0.15, -0.1) is 11.3 Å². The van der Waals surface area contributed by atoms with Crippen molar-refractivity contribution in [3.05, 3.63) is 57.8 Å². The van der Waals surface area contributed by atoms with Crippen molar-refractivity contribution in [1.82, 2.24) is 4.90 Å². The average Bonchev–Trinajstić information content (AvgIpc) is 2.92. The second-order valence-electron chi connectivity index (χ2n) is 4.79. The van der Waals surface area contributed by atoms with E-state index in [-0.39, 0.29) is 6.10 Å². The fourth-order valence-electron chi connectivity index (χ4n) is 2.53. The third-order valence-corrected chi connectivity index (χ3v) is 4.49. The molecular weight excluding hydrogens is 242 g/mol. The smallest absolute Gasteiger partial charge is 0.101 e. The van der Waals surface area contributed by atoms with Crippen molar-refractivity contribution in [3.8, 4) is 0 Å². The quantitative estimate of drug-likeness (QED) is 0.916. The molecule has 94 valence electrons. The summed E-state index contributed by atoms with van der Waals surface area (Å²) in [5.74, 6) is 0. The van der Waals surface area contributed by atoms with Gasteiger partial charge in [-0.1, -0.05) is 30.3 Å². The Labute approximate surface area is 112 Å². The highest BCUT2D eigenvalue weighted by atomic mass is 32.1. The molecule has 1 aromatic carbocycles. The van der Waals surface area contributed by atoms with E-state index in [1.807, 2.05) is 17.5 Å². The number of fused-ring (bicyclic) bond motifs is 1. The molecule has 2 aromatic rings. The van der Waals surface area contributed by atoms with Crippen LogP contribution in [0.5, 0.6) is 0 Å². The van der Waals surface area contributed by atoms with Crippen LogP contribution in [0.1, 0.15) is 22.1 Å². The lowest BCUT2D eigenvalue weighted by Gasteiger charge is -2.30. The molecule has 1 aromatic heterocycles. The first-order valence-corrected chi connectivity index (χ1v) is 7.21. The van der Waals surface area contributed by atoms with E-state index in [9.17, 15) is 5.11 Å². The van der Waals surface area contributed by atoms with Crippen LogP contribution in [0.3, 0.4) is 0 Å². The molecule has 2 heterocycles. The summed E-state index contributed by atoms with van der Waals surface area (Å²) >= 11 is 1.63. The van der Waals surface area contributed by atoms with Crippen LogP contribution in [-0.4, -0.2) is 23.1 Å². The zero-order valence-electron chi connectivity index (χ0n) is 10.2. The van der Waals surface area contributed by atoms with Gasteiger partial charge in [0.15, 0.2) is 0 Å². The van der Waals surface area contributed by atoms with Crippen LogP contribution in [0.25, 0.3) is 0 Å². The highest BCUT2D eigenvalue weighted by Crippen LogP contribution is 2.23. The second-order valence-corrected chi connectivity index (χ2v) is 5.76. The number of thiophene rings is 1. The van der Waals surface area contributed by atoms with Crippen molar-refractivity contribution in [2.75, 3.05) is 13.1 Å². The highest BCUT2D eigenvalue weighted by Gasteiger charge is 2.19. The van der Waals surface area contributed by atoms with Gasteiger partial charge in [-0.3, -0.25) is 4.90 Å². The highest BCUT2D eigenvalue weighted by molar-refractivity contribution is 7.10. The van der Waals surface area contributed by atoms with Crippen molar-refractivity contribution in [2.24, 2.45) is 0 Å². The number of β-amino-alcohol motifs (C(OH)–C–C–N with tert-alkyl or cyclic N) is 1. The predicted octanol–water partition coefficient (Wildman–Crippen LogP) is 2.84. The van der Waals surface area contributed by atoms with Gasteiger partial charge in [0, 0.05) is 24.5 Å². The summed E-state index contributed by atoms with van der Waals surface area (Å²) in [5.41, 5.74) is 2.86. The van der Waals surface area contributed by atoms with Crippen LogP contribution in [0.2, 0.25) is 0 Å². The van der Waals surface area contributed by atoms with Crippen LogP contribution in [0.15, 0.2) is 41.8 Å². The standard InChI is InChI=1S/C15H17NOS/c17-14(15-6-3-9-18-15)11-16-8-7-12-4-1-2-5-13(12)10-16/h1-6,9,14,17H,7-8,10-11H2. The van der Waals surface area contributed by atoms with Gasteiger partial charge >= 0.3 is 0 Å².